The van der Waals surface area contributed by atoms with Crippen LogP contribution < -0.4 is 0 Å². The van der Waals surface area contributed by atoms with E-state index in [4.69, 9.17) is 9.47 Å². The minimum atomic E-state index is -0.999. The van der Waals surface area contributed by atoms with E-state index in [1.807, 2.05) is 13.8 Å². The summed E-state index contributed by atoms with van der Waals surface area (Å²) in [4.78, 5) is 18.1. The molecule has 2 aliphatic heterocycles. The van der Waals surface area contributed by atoms with E-state index in [2.05, 4.69) is 4.99 Å². The number of hydrogen-bond donors (Lipinski definition) is 2. The minimum absolute atomic E-state index is 0.398. The molecule has 2 N–H and O–H groups in total. The number of thioether (sulfide) groups is 1. The molecular formula is C15H26N2O5S. The van der Waals surface area contributed by atoms with E-state index in [0.29, 0.717) is 18.1 Å². The molecule has 7 nitrogen and oxygen atoms in total. The molecule has 0 aromatic carbocycles. The first-order chi connectivity index (χ1) is 10.7. The lowest BCUT2D eigenvalue weighted by Crippen LogP contribution is -2.54. The lowest BCUT2D eigenvalue weighted by molar-refractivity contribution is -0.153. The van der Waals surface area contributed by atoms with Crippen LogP contribution in [0.15, 0.2) is 4.99 Å². The second-order valence-electron chi connectivity index (χ2n) is 6.68. The molecule has 0 aromatic rings. The molecule has 0 aliphatic carbocycles. The normalized spacial score (nSPS) is 33.9. The van der Waals surface area contributed by atoms with Gasteiger partial charge in [-0.25, -0.2) is 4.79 Å². The number of ether oxygens (including phenoxy) is 2. The Morgan fingerprint density at radius 1 is 1.35 bits per heavy atom. The van der Waals surface area contributed by atoms with Gasteiger partial charge in [0, 0.05) is 6.54 Å². The summed E-state index contributed by atoms with van der Waals surface area (Å²) in [6, 6.07) is -0.579. The average molecular weight is 346 g/mol. The highest BCUT2D eigenvalue weighted by atomic mass is 32.2. The maximum atomic E-state index is 12.3. The van der Waals surface area contributed by atoms with Gasteiger partial charge < -0.3 is 19.7 Å². The fourth-order valence-corrected chi connectivity index (χ4v) is 3.82. The molecule has 1 fully saturated rings. The lowest BCUT2D eigenvalue weighted by atomic mass is 9.97. The van der Waals surface area contributed by atoms with Gasteiger partial charge in [0.1, 0.15) is 29.3 Å². The Labute approximate surface area is 141 Å². The highest BCUT2D eigenvalue weighted by molar-refractivity contribution is 8.14. The molecule has 1 saturated heterocycles. The number of amides is 1. The van der Waals surface area contributed by atoms with E-state index in [0.717, 1.165) is 0 Å². The van der Waals surface area contributed by atoms with Gasteiger partial charge in [0.15, 0.2) is 5.17 Å². The van der Waals surface area contributed by atoms with Gasteiger partial charge in [-0.3, -0.25) is 9.89 Å². The summed E-state index contributed by atoms with van der Waals surface area (Å²) in [5.41, 5.74) is -0.995. The number of aliphatic imine (C=N–C) groups is 1. The Hall–Kier alpha value is -0.830. The Bertz CT molecular complexity index is 479. The summed E-state index contributed by atoms with van der Waals surface area (Å²) in [6.45, 7) is 9.53. The third kappa shape index (κ3) is 3.99. The third-order valence-corrected chi connectivity index (χ3v) is 4.87. The number of aliphatic hydroxyl groups is 2. The maximum absolute atomic E-state index is 12.3. The fourth-order valence-electron chi connectivity index (χ4n) is 2.54. The van der Waals surface area contributed by atoms with Crippen molar-refractivity contribution < 1.29 is 24.5 Å². The SMILES string of the molecule is CC[C@H]1O[C@@H]2SC(N(CC)C(=O)OC(C)(C)C)=N[C@@H]2[C@@H](O)[C@@H]1O. The molecule has 0 saturated carbocycles. The number of rotatable bonds is 2. The van der Waals surface area contributed by atoms with Crippen LogP contribution in [0.4, 0.5) is 4.79 Å². The number of hydrogen-bond acceptors (Lipinski definition) is 7. The number of amidine groups is 1. The molecule has 2 aliphatic rings. The monoisotopic (exact) mass is 346 g/mol. The molecule has 0 radical (unpaired) electrons. The van der Waals surface area contributed by atoms with Crippen molar-refractivity contribution in [3.05, 3.63) is 0 Å². The van der Waals surface area contributed by atoms with Crippen LogP contribution in [0, 0.1) is 0 Å². The van der Waals surface area contributed by atoms with Crippen LogP contribution in [0.3, 0.4) is 0 Å². The van der Waals surface area contributed by atoms with Crippen molar-refractivity contribution in [3.8, 4) is 0 Å². The van der Waals surface area contributed by atoms with Gasteiger partial charge in [-0.15, -0.1) is 0 Å². The number of nitrogens with zero attached hydrogens (tertiary/aromatic N) is 2. The first-order valence-corrected chi connectivity index (χ1v) is 8.82. The van der Waals surface area contributed by atoms with Crippen LogP contribution >= 0.6 is 11.8 Å². The Morgan fingerprint density at radius 2 is 2.00 bits per heavy atom. The van der Waals surface area contributed by atoms with Crippen molar-refractivity contribution >= 4 is 23.0 Å². The summed E-state index contributed by atoms with van der Waals surface area (Å²) in [5.74, 6) is 0. The minimum Gasteiger partial charge on any atom is -0.443 e. The number of fused-ring (bicyclic) bond motifs is 1. The van der Waals surface area contributed by atoms with E-state index < -0.39 is 41.5 Å². The van der Waals surface area contributed by atoms with E-state index in [1.165, 1.54) is 16.7 Å². The molecule has 0 spiro atoms. The first kappa shape index (κ1) is 18.5. The van der Waals surface area contributed by atoms with Crippen LogP contribution in [0.1, 0.15) is 41.0 Å². The topological polar surface area (TPSA) is 91.6 Å². The second kappa shape index (κ2) is 6.96. The standard InChI is InChI=1S/C15H26N2O5S/c1-6-8-10(18)11(19)9-12(21-8)23-13(16-9)17(7-2)14(20)22-15(3,4)5/h8-12,18-19H,6-7H2,1-5H3/t8-,9-,10-,11-,12-/m1/s1. The van der Waals surface area contributed by atoms with Crippen molar-refractivity contribution in [1.29, 1.82) is 0 Å². The van der Waals surface area contributed by atoms with Gasteiger partial charge in [0.25, 0.3) is 0 Å². The van der Waals surface area contributed by atoms with Gasteiger partial charge >= 0.3 is 6.09 Å². The molecule has 2 rings (SSSR count). The highest BCUT2D eigenvalue weighted by Crippen LogP contribution is 2.38. The van der Waals surface area contributed by atoms with Gasteiger partial charge in [0.05, 0.1) is 6.10 Å². The van der Waals surface area contributed by atoms with Crippen LogP contribution in [0.25, 0.3) is 0 Å². The zero-order chi connectivity index (χ0) is 17.4. The van der Waals surface area contributed by atoms with E-state index in [1.54, 1.807) is 20.8 Å². The van der Waals surface area contributed by atoms with Gasteiger partial charge in [-0.1, -0.05) is 18.7 Å². The predicted octanol–water partition coefficient (Wildman–Crippen LogP) is 1.57. The highest BCUT2D eigenvalue weighted by Gasteiger charge is 2.48. The Kier molecular flexibility index (Phi) is 5.60. The number of aliphatic hydroxyl groups excluding tert-OH is 2. The van der Waals surface area contributed by atoms with E-state index >= 15 is 0 Å². The Balaban J connectivity index is 2.14. The smallest absolute Gasteiger partial charge is 0.416 e. The van der Waals surface area contributed by atoms with Crippen LogP contribution in [0.5, 0.6) is 0 Å². The summed E-state index contributed by atoms with van der Waals surface area (Å²) in [7, 11) is 0. The van der Waals surface area contributed by atoms with Crippen LogP contribution in [0.2, 0.25) is 0 Å². The van der Waals surface area contributed by atoms with Crippen molar-refractivity contribution in [2.45, 2.75) is 76.4 Å². The van der Waals surface area contributed by atoms with Gasteiger partial charge in [-0.05, 0) is 34.1 Å². The summed E-state index contributed by atoms with van der Waals surface area (Å²) in [5, 5.41) is 20.8. The fraction of sp³-hybridized carbons (Fsp3) is 0.867. The molecule has 2 heterocycles. The van der Waals surface area contributed by atoms with Crippen LogP contribution in [-0.2, 0) is 9.47 Å². The van der Waals surface area contributed by atoms with E-state index in [-0.39, 0.29) is 0 Å². The average Bonchev–Trinajstić information content (AvgIpc) is 2.85. The maximum Gasteiger partial charge on any atom is 0.416 e. The summed E-state index contributed by atoms with van der Waals surface area (Å²) < 4.78 is 11.2. The van der Waals surface area contributed by atoms with Gasteiger partial charge in [0.2, 0.25) is 0 Å². The van der Waals surface area contributed by atoms with Crippen molar-refractivity contribution in [1.82, 2.24) is 4.90 Å². The van der Waals surface area contributed by atoms with Crippen molar-refractivity contribution in [2.24, 2.45) is 4.99 Å². The predicted molar refractivity (Wildman–Crippen MR) is 88.4 cm³/mol. The third-order valence-electron chi connectivity index (χ3n) is 3.71. The molecule has 5 atom stereocenters. The van der Waals surface area contributed by atoms with E-state index in [9.17, 15) is 15.0 Å². The van der Waals surface area contributed by atoms with Crippen molar-refractivity contribution in [2.75, 3.05) is 6.54 Å². The lowest BCUT2D eigenvalue weighted by Gasteiger charge is -2.37. The zero-order valence-corrected chi connectivity index (χ0v) is 15.0. The molecule has 8 heteroatoms. The summed E-state index contributed by atoms with van der Waals surface area (Å²) >= 11 is 1.29. The summed E-state index contributed by atoms with van der Waals surface area (Å²) in [6.07, 6.45) is -2.28. The number of carbonyl (C=O) groups is 1. The molecule has 0 unspecified atom stereocenters. The molecule has 0 bridgehead atoms. The van der Waals surface area contributed by atoms with Crippen LogP contribution in [-0.4, -0.2) is 68.3 Å². The molecule has 132 valence electrons. The quantitative estimate of drug-likeness (QED) is 0.789. The van der Waals surface area contributed by atoms with Gasteiger partial charge in [-0.2, -0.15) is 0 Å². The first-order valence-electron chi connectivity index (χ1n) is 7.94. The van der Waals surface area contributed by atoms with Crippen molar-refractivity contribution in [3.63, 3.8) is 0 Å². The molecule has 0 aromatic heterocycles. The molecular weight excluding hydrogens is 320 g/mol. The molecule has 23 heavy (non-hydrogen) atoms. The zero-order valence-electron chi connectivity index (χ0n) is 14.2. The second-order valence-corrected chi connectivity index (χ2v) is 7.74. The largest absolute Gasteiger partial charge is 0.443 e. The molecule has 1 amide bonds. The Morgan fingerprint density at radius 3 is 2.52 bits per heavy atom. The number of carbonyl (C=O) groups excluding carboxylic acids is 1.